The number of ether oxygens (including phenoxy) is 4. The monoisotopic (exact) mass is 1300 g/mol. The summed E-state index contributed by atoms with van der Waals surface area (Å²) in [5, 5.41) is 10.6. The molecule has 17 nitrogen and oxygen atoms in total. The van der Waals surface area contributed by atoms with Crippen molar-refractivity contribution in [2.45, 2.75) is 380 Å². The van der Waals surface area contributed by atoms with Gasteiger partial charge >= 0.3 is 39.5 Å². The molecule has 2 unspecified atom stereocenters. The summed E-state index contributed by atoms with van der Waals surface area (Å²) in [5.74, 6) is -2.12. The normalized spacial score (nSPS) is 14.0. The summed E-state index contributed by atoms with van der Waals surface area (Å²) in [7, 11) is -9.89. The maximum Gasteiger partial charge on any atom is 0.472 e. The lowest BCUT2D eigenvalue weighted by atomic mass is 10.0. The summed E-state index contributed by atoms with van der Waals surface area (Å²) in [4.78, 5) is 72.4. The van der Waals surface area contributed by atoms with Crippen LogP contribution in [0, 0.1) is 0 Å². The Hall–Kier alpha value is -1.94. The number of phosphoric ester groups is 2. The van der Waals surface area contributed by atoms with E-state index in [4.69, 9.17) is 37.0 Å². The molecular weight excluding hydrogens is 1160 g/mol. The molecule has 0 aromatic heterocycles. The second kappa shape index (κ2) is 63.8. The molecular formula is C69H134O17P2. The van der Waals surface area contributed by atoms with Crippen molar-refractivity contribution in [3.8, 4) is 0 Å². The van der Waals surface area contributed by atoms with Crippen molar-refractivity contribution >= 4 is 39.5 Å². The Kier molecular flexibility index (Phi) is 62.4. The molecule has 0 radical (unpaired) electrons. The molecule has 88 heavy (non-hydrogen) atoms. The standard InChI is InChI=1S/C69H134O17P2/c1-5-9-13-17-21-24-27-29-31-33-36-38-42-46-50-54-67(72)80-60-65(86-69(74)56-52-48-44-40-37-34-32-30-28-25-22-18-14-10-6-2)62-84-88(77,78)82-58-63(70)57-81-87(75,76)83-61-64(59-79-66(71)53-49-45-41-20-16-12-8-4)85-68(73)55-51-47-43-39-35-26-23-19-15-11-7-3/h63-65,70H,5-62H2,1-4H3,(H,75,76)(H,77,78)/t63-,64+,65+/m0/s1. The third kappa shape index (κ3) is 62.8. The van der Waals surface area contributed by atoms with Gasteiger partial charge in [-0.3, -0.25) is 37.3 Å². The molecule has 19 heteroatoms. The molecule has 0 heterocycles. The molecule has 5 atom stereocenters. The number of hydrogen-bond acceptors (Lipinski definition) is 15. The summed E-state index contributed by atoms with van der Waals surface area (Å²) in [6.45, 7) is 4.90. The van der Waals surface area contributed by atoms with Crippen LogP contribution in [0.2, 0.25) is 0 Å². The van der Waals surface area contributed by atoms with Crippen molar-refractivity contribution in [2.24, 2.45) is 0 Å². The van der Waals surface area contributed by atoms with Gasteiger partial charge in [0.1, 0.15) is 19.3 Å². The summed E-state index contributed by atoms with van der Waals surface area (Å²) in [6, 6.07) is 0. The zero-order valence-electron chi connectivity index (χ0n) is 56.7. The molecule has 3 N–H and O–H groups in total. The number of aliphatic hydroxyl groups excluding tert-OH is 1. The Morgan fingerprint density at radius 1 is 0.273 bits per heavy atom. The molecule has 0 fully saturated rings. The number of aliphatic hydroxyl groups is 1. The van der Waals surface area contributed by atoms with Crippen LogP contribution in [-0.2, 0) is 65.4 Å². The van der Waals surface area contributed by atoms with Crippen molar-refractivity contribution < 1.29 is 80.2 Å². The van der Waals surface area contributed by atoms with E-state index < -0.39 is 97.5 Å². The SMILES string of the molecule is CCCCCCCCCCCCCCCCCC(=O)OC[C@H](COP(=O)(O)OC[C@@H](O)COP(=O)(O)OC[C@@H](COC(=O)CCCCCCCCC)OC(=O)CCCCCCCCCCCCC)OC(=O)CCCCCCCCCCCCCCCCC. The molecule has 522 valence electrons. The quantitative estimate of drug-likeness (QED) is 0.0222. The molecule has 0 aliphatic heterocycles. The lowest BCUT2D eigenvalue weighted by molar-refractivity contribution is -0.161. The zero-order chi connectivity index (χ0) is 64.7. The van der Waals surface area contributed by atoms with Crippen molar-refractivity contribution in [2.75, 3.05) is 39.6 Å². The fourth-order valence-electron chi connectivity index (χ4n) is 10.5. The van der Waals surface area contributed by atoms with Crippen molar-refractivity contribution in [1.82, 2.24) is 0 Å². The molecule has 0 saturated carbocycles. The Balaban J connectivity index is 5.20. The Morgan fingerprint density at radius 3 is 0.670 bits per heavy atom. The Bertz CT molecular complexity index is 1690. The first kappa shape index (κ1) is 86.1. The first-order valence-electron chi connectivity index (χ1n) is 36.3. The number of unbranched alkanes of at least 4 members (excludes halogenated alkanes) is 44. The van der Waals surface area contributed by atoms with E-state index in [0.717, 1.165) is 103 Å². The van der Waals surface area contributed by atoms with Gasteiger partial charge in [0.05, 0.1) is 26.4 Å². The third-order valence-corrected chi connectivity index (χ3v) is 18.0. The lowest BCUT2D eigenvalue weighted by Crippen LogP contribution is -2.30. The number of rotatable bonds is 70. The Labute approximate surface area is 537 Å². The fraction of sp³-hybridized carbons (Fsp3) is 0.942. The molecule has 0 bridgehead atoms. The zero-order valence-corrected chi connectivity index (χ0v) is 58.5. The van der Waals surface area contributed by atoms with Gasteiger partial charge in [0, 0.05) is 25.7 Å². The molecule has 0 aliphatic carbocycles. The number of carbonyl (C=O) groups excluding carboxylic acids is 4. The van der Waals surface area contributed by atoms with E-state index >= 15 is 0 Å². The second-order valence-electron chi connectivity index (χ2n) is 24.9. The van der Waals surface area contributed by atoms with Gasteiger partial charge in [-0.25, -0.2) is 9.13 Å². The van der Waals surface area contributed by atoms with E-state index in [1.165, 1.54) is 180 Å². The average molecular weight is 1300 g/mol. The maximum atomic E-state index is 13.0. The topological polar surface area (TPSA) is 237 Å². The van der Waals surface area contributed by atoms with Crippen LogP contribution in [0.1, 0.15) is 362 Å². The van der Waals surface area contributed by atoms with Crippen molar-refractivity contribution in [1.29, 1.82) is 0 Å². The largest absolute Gasteiger partial charge is 0.472 e. The number of hydrogen-bond donors (Lipinski definition) is 3. The van der Waals surface area contributed by atoms with Gasteiger partial charge in [0.25, 0.3) is 0 Å². The van der Waals surface area contributed by atoms with Gasteiger partial charge in [-0.05, 0) is 25.7 Å². The highest BCUT2D eigenvalue weighted by atomic mass is 31.2. The van der Waals surface area contributed by atoms with Gasteiger partial charge in [-0.1, -0.05) is 310 Å². The fourth-order valence-corrected chi connectivity index (χ4v) is 12.1. The van der Waals surface area contributed by atoms with Crippen LogP contribution in [0.15, 0.2) is 0 Å². The summed E-state index contributed by atoms with van der Waals surface area (Å²) in [5.41, 5.74) is 0. The minimum Gasteiger partial charge on any atom is -0.462 e. The van der Waals surface area contributed by atoms with Crippen LogP contribution in [0.25, 0.3) is 0 Å². The summed E-state index contributed by atoms with van der Waals surface area (Å²) in [6.07, 6.45) is 51.3. The smallest absolute Gasteiger partial charge is 0.462 e. The van der Waals surface area contributed by atoms with E-state index in [1.54, 1.807) is 0 Å². The van der Waals surface area contributed by atoms with Crippen LogP contribution in [0.5, 0.6) is 0 Å². The molecule has 0 spiro atoms. The molecule has 0 aromatic rings. The van der Waals surface area contributed by atoms with Crippen molar-refractivity contribution in [3.63, 3.8) is 0 Å². The second-order valence-corrected chi connectivity index (χ2v) is 27.8. The Morgan fingerprint density at radius 2 is 0.455 bits per heavy atom. The molecule has 0 saturated heterocycles. The lowest BCUT2D eigenvalue weighted by Gasteiger charge is -2.21. The number of phosphoric acid groups is 2. The minimum atomic E-state index is -4.95. The van der Waals surface area contributed by atoms with Gasteiger partial charge in [0.2, 0.25) is 0 Å². The summed E-state index contributed by atoms with van der Waals surface area (Å²) >= 11 is 0. The van der Waals surface area contributed by atoms with E-state index in [2.05, 4.69) is 27.7 Å². The van der Waals surface area contributed by atoms with Gasteiger partial charge in [0.15, 0.2) is 12.2 Å². The van der Waals surface area contributed by atoms with E-state index in [1.807, 2.05) is 0 Å². The maximum absolute atomic E-state index is 13.0. The van der Waals surface area contributed by atoms with Gasteiger partial charge in [-0.15, -0.1) is 0 Å². The molecule has 0 amide bonds. The first-order valence-corrected chi connectivity index (χ1v) is 39.3. The van der Waals surface area contributed by atoms with E-state index in [9.17, 15) is 43.2 Å². The van der Waals surface area contributed by atoms with Crippen LogP contribution in [-0.4, -0.2) is 96.7 Å². The van der Waals surface area contributed by atoms with Crippen LogP contribution in [0.3, 0.4) is 0 Å². The molecule has 0 aromatic carbocycles. The minimum absolute atomic E-state index is 0.107. The predicted octanol–water partition coefficient (Wildman–Crippen LogP) is 19.9. The van der Waals surface area contributed by atoms with Crippen LogP contribution < -0.4 is 0 Å². The first-order chi connectivity index (χ1) is 42.7. The molecule has 0 aliphatic rings. The van der Waals surface area contributed by atoms with Gasteiger partial charge < -0.3 is 33.8 Å². The third-order valence-electron chi connectivity index (χ3n) is 16.1. The van der Waals surface area contributed by atoms with E-state index in [0.29, 0.717) is 25.7 Å². The predicted molar refractivity (Wildman–Crippen MR) is 354 cm³/mol. The number of esters is 4. The summed E-state index contributed by atoms with van der Waals surface area (Å²) < 4.78 is 68.1. The van der Waals surface area contributed by atoms with Crippen LogP contribution >= 0.6 is 15.6 Å². The average Bonchev–Trinajstić information content (AvgIpc) is 3.55. The van der Waals surface area contributed by atoms with Crippen LogP contribution in [0.4, 0.5) is 0 Å². The molecule has 0 rings (SSSR count). The van der Waals surface area contributed by atoms with Crippen molar-refractivity contribution in [3.05, 3.63) is 0 Å². The number of carbonyl (C=O) groups is 4. The highest BCUT2D eigenvalue weighted by Crippen LogP contribution is 2.45. The van der Waals surface area contributed by atoms with E-state index in [-0.39, 0.29) is 25.7 Å². The highest BCUT2D eigenvalue weighted by molar-refractivity contribution is 7.47. The van der Waals surface area contributed by atoms with Gasteiger partial charge in [-0.2, -0.15) is 0 Å². The highest BCUT2D eigenvalue weighted by Gasteiger charge is 2.30.